The summed E-state index contributed by atoms with van der Waals surface area (Å²) in [5.41, 5.74) is 0.147. The van der Waals surface area contributed by atoms with Crippen LogP contribution in [0.4, 0.5) is 10.1 Å². The Hall–Kier alpha value is -1.21. The number of sulfonamides is 1. The summed E-state index contributed by atoms with van der Waals surface area (Å²) in [4.78, 5) is 3.56. The van der Waals surface area contributed by atoms with Crippen LogP contribution in [0.1, 0.15) is 13.3 Å². The molecule has 0 aliphatic carbocycles. The molecule has 96 valence electrons. The lowest BCUT2D eigenvalue weighted by molar-refractivity contribution is 0.595. The van der Waals surface area contributed by atoms with Crippen molar-refractivity contribution in [2.75, 3.05) is 23.6 Å². The summed E-state index contributed by atoms with van der Waals surface area (Å²) in [6, 6.07) is 1.09. The lowest BCUT2D eigenvalue weighted by atomic mass is 10.4. The molecule has 1 rings (SSSR count). The molecule has 2 N–H and O–H groups in total. The molecule has 0 aromatic carbocycles. The molecule has 0 atom stereocenters. The Balaban J connectivity index is 2.49. The van der Waals surface area contributed by atoms with E-state index in [1.165, 1.54) is 6.20 Å². The van der Waals surface area contributed by atoms with E-state index in [0.717, 1.165) is 18.8 Å². The highest BCUT2D eigenvalue weighted by molar-refractivity contribution is 7.92. The summed E-state index contributed by atoms with van der Waals surface area (Å²) in [7, 11) is -3.43. The number of hydrogen-bond acceptors (Lipinski definition) is 4. The van der Waals surface area contributed by atoms with Crippen LogP contribution in [0.2, 0.25) is 0 Å². The van der Waals surface area contributed by atoms with Crippen LogP contribution in [0.25, 0.3) is 0 Å². The van der Waals surface area contributed by atoms with E-state index in [2.05, 4.69) is 15.0 Å². The highest BCUT2D eigenvalue weighted by Crippen LogP contribution is 2.09. The topological polar surface area (TPSA) is 71.1 Å². The third-order valence-electron chi connectivity index (χ3n) is 1.99. The number of pyridine rings is 1. The quantitative estimate of drug-likeness (QED) is 0.717. The molecule has 0 bridgehead atoms. The van der Waals surface area contributed by atoms with Crippen LogP contribution in [0.3, 0.4) is 0 Å². The third-order valence-corrected chi connectivity index (χ3v) is 3.37. The molecule has 0 amide bonds. The minimum Gasteiger partial charge on any atom is -0.317 e. The van der Waals surface area contributed by atoms with Crippen LogP contribution in [-0.2, 0) is 10.0 Å². The molecular formula is C10H16FN3O2S. The molecule has 0 saturated carbocycles. The number of rotatable bonds is 7. The number of halogens is 1. The fourth-order valence-electron chi connectivity index (χ4n) is 1.26. The van der Waals surface area contributed by atoms with Crippen molar-refractivity contribution in [3.63, 3.8) is 0 Å². The number of aromatic nitrogens is 1. The fourth-order valence-corrected chi connectivity index (χ4v) is 2.36. The van der Waals surface area contributed by atoms with E-state index in [1.807, 2.05) is 6.92 Å². The Morgan fingerprint density at radius 1 is 1.41 bits per heavy atom. The fraction of sp³-hybridized carbons (Fsp3) is 0.500. The maximum Gasteiger partial charge on any atom is 0.232 e. The van der Waals surface area contributed by atoms with E-state index in [1.54, 1.807) is 0 Å². The van der Waals surface area contributed by atoms with Gasteiger partial charge in [0, 0.05) is 6.07 Å². The van der Waals surface area contributed by atoms with E-state index >= 15 is 0 Å². The summed E-state index contributed by atoms with van der Waals surface area (Å²) in [5.74, 6) is -0.575. The molecule has 0 aliphatic rings. The van der Waals surface area contributed by atoms with Gasteiger partial charge >= 0.3 is 0 Å². The largest absolute Gasteiger partial charge is 0.317 e. The molecule has 0 unspecified atom stereocenters. The zero-order valence-corrected chi connectivity index (χ0v) is 10.4. The van der Waals surface area contributed by atoms with Crippen molar-refractivity contribution in [2.24, 2.45) is 0 Å². The Labute approximate surface area is 101 Å². The molecule has 0 saturated heterocycles. The number of hydrogen-bond donors (Lipinski definition) is 2. The normalized spacial score (nSPS) is 11.4. The molecule has 0 aliphatic heterocycles. The zero-order valence-electron chi connectivity index (χ0n) is 9.61. The van der Waals surface area contributed by atoms with Gasteiger partial charge in [-0.1, -0.05) is 6.92 Å². The molecule has 17 heavy (non-hydrogen) atoms. The maximum atomic E-state index is 12.8. The lowest BCUT2D eigenvalue weighted by Crippen LogP contribution is -2.22. The maximum absolute atomic E-state index is 12.8. The van der Waals surface area contributed by atoms with Gasteiger partial charge in [-0.25, -0.2) is 12.8 Å². The van der Waals surface area contributed by atoms with Gasteiger partial charge in [0.1, 0.15) is 5.82 Å². The van der Waals surface area contributed by atoms with Crippen molar-refractivity contribution >= 4 is 15.7 Å². The first kappa shape index (κ1) is 13.9. The lowest BCUT2D eigenvalue weighted by Gasteiger charge is -2.07. The van der Waals surface area contributed by atoms with E-state index in [-0.39, 0.29) is 11.4 Å². The SMILES string of the molecule is CCNCCCS(=O)(=O)Nc1cncc(F)c1. The first-order valence-electron chi connectivity index (χ1n) is 5.35. The van der Waals surface area contributed by atoms with E-state index in [0.29, 0.717) is 13.0 Å². The highest BCUT2D eigenvalue weighted by Gasteiger charge is 2.10. The second kappa shape index (κ2) is 6.51. The number of nitrogens with one attached hydrogen (secondary N) is 2. The average Bonchev–Trinajstić information content (AvgIpc) is 2.24. The summed E-state index contributed by atoms with van der Waals surface area (Å²) in [5, 5.41) is 3.03. The molecule has 1 aromatic rings. The Morgan fingerprint density at radius 3 is 2.82 bits per heavy atom. The molecule has 7 heteroatoms. The van der Waals surface area contributed by atoms with Gasteiger partial charge < -0.3 is 5.32 Å². The van der Waals surface area contributed by atoms with E-state index in [4.69, 9.17) is 0 Å². The van der Waals surface area contributed by atoms with Crippen molar-refractivity contribution in [3.05, 3.63) is 24.3 Å². The van der Waals surface area contributed by atoms with Crippen molar-refractivity contribution in [1.29, 1.82) is 0 Å². The standard InChI is InChI=1S/C10H16FN3O2S/c1-2-12-4-3-5-17(15,16)14-10-6-9(11)7-13-8-10/h6-8,12,14H,2-5H2,1H3. The minimum atomic E-state index is -3.43. The van der Waals surface area contributed by atoms with Crippen LogP contribution in [0.15, 0.2) is 18.5 Å². The molecule has 1 heterocycles. The van der Waals surface area contributed by atoms with Crippen molar-refractivity contribution in [3.8, 4) is 0 Å². The van der Waals surface area contributed by atoms with Gasteiger partial charge in [0.15, 0.2) is 0 Å². The summed E-state index contributed by atoms with van der Waals surface area (Å²) < 4.78 is 38.2. The number of anilines is 1. The predicted molar refractivity (Wildman–Crippen MR) is 64.8 cm³/mol. The summed E-state index contributed by atoms with van der Waals surface area (Å²) in [6.45, 7) is 3.39. The van der Waals surface area contributed by atoms with Gasteiger partial charge in [-0.2, -0.15) is 0 Å². The first-order valence-corrected chi connectivity index (χ1v) is 7.00. The first-order chi connectivity index (χ1) is 8.03. The summed E-state index contributed by atoms with van der Waals surface area (Å²) >= 11 is 0. The van der Waals surface area contributed by atoms with Gasteiger partial charge in [0.2, 0.25) is 10.0 Å². The zero-order chi connectivity index (χ0) is 12.7. The average molecular weight is 261 g/mol. The van der Waals surface area contributed by atoms with Crippen LogP contribution in [0.5, 0.6) is 0 Å². The minimum absolute atomic E-state index is 0.00346. The van der Waals surface area contributed by atoms with Crippen LogP contribution in [-0.4, -0.2) is 32.2 Å². The van der Waals surface area contributed by atoms with Crippen LogP contribution >= 0.6 is 0 Å². The van der Waals surface area contributed by atoms with E-state index < -0.39 is 15.8 Å². The molecule has 0 radical (unpaired) electrons. The van der Waals surface area contributed by atoms with Crippen molar-refractivity contribution in [2.45, 2.75) is 13.3 Å². The van der Waals surface area contributed by atoms with Crippen molar-refractivity contribution < 1.29 is 12.8 Å². The second-order valence-electron chi connectivity index (χ2n) is 3.52. The van der Waals surface area contributed by atoms with Gasteiger partial charge in [-0.15, -0.1) is 0 Å². The van der Waals surface area contributed by atoms with Gasteiger partial charge in [-0.05, 0) is 19.5 Å². The van der Waals surface area contributed by atoms with Gasteiger partial charge in [0.05, 0.1) is 23.8 Å². The molecule has 1 aromatic heterocycles. The predicted octanol–water partition coefficient (Wildman–Crippen LogP) is 0.962. The Bertz CT molecular complexity index is 451. The smallest absolute Gasteiger partial charge is 0.232 e. The monoisotopic (exact) mass is 261 g/mol. The second-order valence-corrected chi connectivity index (χ2v) is 5.36. The molecule has 0 spiro atoms. The molecule has 5 nitrogen and oxygen atoms in total. The highest BCUT2D eigenvalue weighted by atomic mass is 32.2. The molecule has 0 fully saturated rings. The van der Waals surface area contributed by atoms with Gasteiger partial charge in [0.25, 0.3) is 0 Å². The molecular weight excluding hydrogens is 245 g/mol. The van der Waals surface area contributed by atoms with E-state index in [9.17, 15) is 12.8 Å². The Kier molecular flexibility index (Phi) is 5.30. The van der Waals surface area contributed by atoms with Crippen LogP contribution in [0, 0.1) is 5.82 Å². The van der Waals surface area contributed by atoms with Crippen molar-refractivity contribution in [1.82, 2.24) is 10.3 Å². The Morgan fingerprint density at radius 2 is 2.18 bits per heavy atom. The number of nitrogens with zero attached hydrogens (tertiary/aromatic N) is 1. The van der Waals surface area contributed by atoms with Crippen LogP contribution < -0.4 is 10.0 Å². The third kappa shape index (κ3) is 5.60. The summed E-state index contributed by atoms with van der Waals surface area (Å²) in [6.07, 6.45) is 2.79. The van der Waals surface area contributed by atoms with Gasteiger partial charge in [-0.3, -0.25) is 9.71 Å².